The Morgan fingerprint density at radius 1 is 1.19 bits per heavy atom. The van der Waals surface area contributed by atoms with Crippen LogP contribution in [0.4, 0.5) is 0 Å². The molecule has 1 rings (SSSR count). The highest BCUT2D eigenvalue weighted by atomic mass is 79.9. The Balaban J connectivity index is 2.09. The molecule has 0 saturated carbocycles. The normalized spacial score (nSPS) is 12.9. The summed E-state index contributed by atoms with van der Waals surface area (Å²) in [7, 11) is 0. The van der Waals surface area contributed by atoms with Crippen molar-refractivity contribution in [2.75, 3.05) is 0 Å². The van der Waals surface area contributed by atoms with Gasteiger partial charge in [0, 0.05) is 4.88 Å². The molecule has 1 aromatic heterocycles. The molecule has 1 heterocycles. The highest BCUT2D eigenvalue weighted by Gasteiger charge is 2.09. The topological polar surface area (TPSA) is 20.2 Å². The quantitative estimate of drug-likeness (QED) is 0.647. The molecule has 0 radical (unpaired) electrons. The van der Waals surface area contributed by atoms with E-state index >= 15 is 0 Å². The zero-order chi connectivity index (χ0) is 11.8. The second-order valence-electron chi connectivity index (χ2n) is 4.21. The van der Waals surface area contributed by atoms with Crippen LogP contribution in [0.5, 0.6) is 0 Å². The van der Waals surface area contributed by atoms with E-state index in [1.165, 1.54) is 32.1 Å². The number of halogens is 1. The van der Waals surface area contributed by atoms with Crippen molar-refractivity contribution in [1.29, 1.82) is 0 Å². The van der Waals surface area contributed by atoms with Gasteiger partial charge >= 0.3 is 0 Å². The monoisotopic (exact) mass is 304 g/mol. The number of aliphatic hydroxyl groups is 1. The first kappa shape index (κ1) is 14.2. The summed E-state index contributed by atoms with van der Waals surface area (Å²) in [5.74, 6) is 0. The molecule has 1 N–H and O–H groups in total. The molecule has 92 valence electrons. The lowest BCUT2D eigenvalue weighted by molar-refractivity contribution is 0.167. The molecule has 0 bridgehead atoms. The predicted molar refractivity (Wildman–Crippen MR) is 75.0 cm³/mol. The van der Waals surface area contributed by atoms with E-state index in [-0.39, 0.29) is 6.10 Å². The number of aliphatic hydroxyl groups excluding tert-OH is 1. The Labute approximate surface area is 111 Å². The Kier molecular flexibility index (Phi) is 7.33. The number of unbranched alkanes of at least 4 members (excludes halogenated alkanes) is 5. The molecule has 0 fully saturated rings. The minimum absolute atomic E-state index is 0.262. The Bertz CT molecular complexity index is 285. The van der Waals surface area contributed by atoms with Crippen LogP contribution < -0.4 is 0 Å². The minimum Gasteiger partial charge on any atom is -0.388 e. The third kappa shape index (κ3) is 5.46. The van der Waals surface area contributed by atoms with Crippen molar-refractivity contribution in [2.45, 2.75) is 58.0 Å². The average molecular weight is 305 g/mol. The Morgan fingerprint density at radius 2 is 1.88 bits per heavy atom. The van der Waals surface area contributed by atoms with Crippen molar-refractivity contribution in [3.8, 4) is 0 Å². The van der Waals surface area contributed by atoms with E-state index in [1.807, 2.05) is 12.1 Å². The second-order valence-corrected chi connectivity index (χ2v) is 6.71. The number of rotatable bonds is 8. The van der Waals surface area contributed by atoms with Gasteiger partial charge in [-0.25, -0.2) is 0 Å². The second kappa shape index (κ2) is 8.26. The lowest BCUT2D eigenvalue weighted by Gasteiger charge is -2.07. The van der Waals surface area contributed by atoms with Gasteiger partial charge in [0.05, 0.1) is 9.89 Å². The van der Waals surface area contributed by atoms with Gasteiger partial charge in [-0.05, 0) is 34.5 Å². The summed E-state index contributed by atoms with van der Waals surface area (Å²) in [5, 5.41) is 9.93. The van der Waals surface area contributed by atoms with Crippen molar-refractivity contribution in [3.05, 3.63) is 20.8 Å². The maximum absolute atomic E-state index is 9.93. The molecule has 1 nitrogen and oxygen atoms in total. The van der Waals surface area contributed by atoms with Crippen LogP contribution in [0.3, 0.4) is 0 Å². The van der Waals surface area contributed by atoms with E-state index in [2.05, 4.69) is 22.9 Å². The van der Waals surface area contributed by atoms with Gasteiger partial charge in [0.1, 0.15) is 0 Å². The van der Waals surface area contributed by atoms with E-state index in [4.69, 9.17) is 0 Å². The predicted octanol–water partition coefficient (Wildman–Crippen LogP) is 5.29. The molecule has 1 atom stereocenters. The van der Waals surface area contributed by atoms with Crippen molar-refractivity contribution < 1.29 is 5.11 Å². The van der Waals surface area contributed by atoms with Crippen LogP contribution in [0.2, 0.25) is 0 Å². The molecule has 16 heavy (non-hydrogen) atoms. The van der Waals surface area contributed by atoms with E-state index in [1.54, 1.807) is 11.3 Å². The molecule has 0 aliphatic heterocycles. The summed E-state index contributed by atoms with van der Waals surface area (Å²) in [4.78, 5) is 1.08. The third-order valence-electron chi connectivity index (χ3n) is 2.75. The first-order chi connectivity index (χ1) is 7.74. The van der Waals surface area contributed by atoms with Gasteiger partial charge in [-0.2, -0.15) is 0 Å². The lowest BCUT2D eigenvalue weighted by atomic mass is 10.1. The summed E-state index contributed by atoms with van der Waals surface area (Å²) >= 11 is 5.05. The number of thiophene rings is 1. The summed E-state index contributed by atoms with van der Waals surface area (Å²) < 4.78 is 1.10. The van der Waals surface area contributed by atoms with Gasteiger partial charge in [-0.15, -0.1) is 11.3 Å². The third-order valence-corrected chi connectivity index (χ3v) is 4.48. The summed E-state index contributed by atoms with van der Waals surface area (Å²) in [5.41, 5.74) is 0. The largest absolute Gasteiger partial charge is 0.388 e. The molecular weight excluding hydrogens is 284 g/mol. The van der Waals surface area contributed by atoms with Gasteiger partial charge in [-0.1, -0.05) is 45.4 Å². The molecule has 1 aromatic rings. The standard InChI is InChI=1S/C13H21BrOS/c1-2-3-4-5-6-7-8-11(15)12-9-10-13(14)16-12/h9-11,15H,2-8H2,1H3. The fourth-order valence-corrected chi connectivity index (χ4v) is 3.21. The molecule has 0 saturated heterocycles. The summed E-state index contributed by atoms with van der Waals surface area (Å²) in [6, 6.07) is 4.01. The van der Waals surface area contributed by atoms with Gasteiger partial charge < -0.3 is 5.11 Å². The highest BCUT2D eigenvalue weighted by Crippen LogP contribution is 2.29. The lowest BCUT2D eigenvalue weighted by Crippen LogP contribution is -1.94. The van der Waals surface area contributed by atoms with Gasteiger partial charge in [0.15, 0.2) is 0 Å². The highest BCUT2D eigenvalue weighted by molar-refractivity contribution is 9.11. The zero-order valence-corrected chi connectivity index (χ0v) is 12.3. The average Bonchev–Trinajstić information content (AvgIpc) is 2.70. The molecule has 3 heteroatoms. The summed E-state index contributed by atoms with van der Waals surface area (Å²) in [6.07, 6.45) is 8.34. The number of hydrogen-bond acceptors (Lipinski definition) is 2. The fraction of sp³-hybridized carbons (Fsp3) is 0.692. The maximum atomic E-state index is 9.93. The van der Waals surface area contributed by atoms with Gasteiger partial charge in [-0.3, -0.25) is 0 Å². The SMILES string of the molecule is CCCCCCCCC(O)c1ccc(Br)s1. The smallest absolute Gasteiger partial charge is 0.0882 e. The van der Waals surface area contributed by atoms with E-state index < -0.39 is 0 Å². The van der Waals surface area contributed by atoms with Crippen molar-refractivity contribution in [1.82, 2.24) is 0 Å². The molecule has 0 amide bonds. The van der Waals surface area contributed by atoms with Crippen LogP contribution in [0.25, 0.3) is 0 Å². The van der Waals surface area contributed by atoms with Crippen LogP contribution in [0.15, 0.2) is 15.9 Å². The number of hydrogen-bond donors (Lipinski definition) is 1. The van der Waals surface area contributed by atoms with E-state index in [9.17, 15) is 5.11 Å². The van der Waals surface area contributed by atoms with Crippen LogP contribution in [-0.4, -0.2) is 5.11 Å². The van der Waals surface area contributed by atoms with Crippen molar-refractivity contribution in [2.24, 2.45) is 0 Å². The van der Waals surface area contributed by atoms with Crippen molar-refractivity contribution >= 4 is 27.3 Å². The Morgan fingerprint density at radius 3 is 2.50 bits per heavy atom. The van der Waals surface area contributed by atoms with Crippen molar-refractivity contribution in [3.63, 3.8) is 0 Å². The molecule has 0 aliphatic carbocycles. The van der Waals surface area contributed by atoms with Crippen LogP contribution in [-0.2, 0) is 0 Å². The van der Waals surface area contributed by atoms with Gasteiger partial charge in [0.25, 0.3) is 0 Å². The van der Waals surface area contributed by atoms with Crippen LogP contribution in [0.1, 0.15) is 62.9 Å². The van der Waals surface area contributed by atoms with E-state index in [0.29, 0.717) is 0 Å². The molecule has 0 spiro atoms. The summed E-state index contributed by atoms with van der Waals surface area (Å²) in [6.45, 7) is 2.23. The van der Waals surface area contributed by atoms with Gasteiger partial charge in [0.2, 0.25) is 0 Å². The van der Waals surface area contributed by atoms with Crippen LogP contribution in [0, 0.1) is 0 Å². The Hall–Kier alpha value is 0.140. The van der Waals surface area contributed by atoms with Crippen LogP contribution >= 0.6 is 27.3 Å². The zero-order valence-electron chi connectivity index (χ0n) is 9.92. The first-order valence-corrected chi connectivity index (χ1v) is 7.78. The molecular formula is C13H21BrOS. The first-order valence-electron chi connectivity index (χ1n) is 6.17. The minimum atomic E-state index is -0.262. The maximum Gasteiger partial charge on any atom is 0.0882 e. The fourth-order valence-electron chi connectivity index (χ4n) is 1.77. The molecule has 1 unspecified atom stereocenters. The molecule has 0 aliphatic rings. The van der Waals surface area contributed by atoms with E-state index in [0.717, 1.165) is 21.5 Å². The molecule has 0 aromatic carbocycles.